The van der Waals surface area contributed by atoms with E-state index >= 15 is 0 Å². The zero-order chi connectivity index (χ0) is 12.2. The molecule has 5 nitrogen and oxygen atoms in total. The molecule has 1 aliphatic heterocycles. The minimum absolute atomic E-state index is 0.0459. The lowest BCUT2D eigenvalue weighted by molar-refractivity contribution is 0.0397. The molecule has 0 amide bonds. The van der Waals surface area contributed by atoms with Gasteiger partial charge in [-0.25, -0.2) is 8.42 Å². The Morgan fingerprint density at radius 3 is 2.62 bits per heavy atom. The molecule has 0 aromatic rings. The van der Waals surface area contributed by atoms with Crippen LogP contribution >= 0.6 is 0 Å². The van der Waals surface area contributed by atoms with Gasteiger partial charge in [0, 0.05) is 20.3 Å². The predicted octanol–water partition coefficient (Wildman–Crippen LogP) is -0.233. The Hall–Kier alpha value is -0.170. The lowest BCUT2D eigenvalue weighted by Crippen LogP contribution is -2.42. The fraction of sp³-hybridized carbons (Fsp3) is 1.00. The monoisotopic (exact) mass is 251 g/mol. The molecule has 0 aromatic carbocycles. The van der Waals surface area contributed by atoms with Crippen LogP contribution in [-0.2, 0) is 19.3 Å². The largest absolute Gasteiger partial charge is 0.380 e. The summed E-state index contributed by atoms with van der Waals surface area (Å²) in [5, 5.41) is 0. The van der Waals surface area contributed by atoms with Gasteiger partial charge < -0.3 is 9.47 Å². The van der Waals surface area contributed by atoms with Gasteiger partial charge in [0.2, 0.25) is 0 Å². The SMILES string of the molecule is CCOCCN(C)[C@@H]1CS(=O)(=O)C[C@@H]1OC. The molecule has 1 heterocycles. The Kier molecular flexibility index (Phi) is 5.17. The molecule has 0 radical (unpaired) electrons. The Labute approximate surface area is 97.6 Å². The number of likely N-dealkylation sites (N-methyl/N-ethyl adjacent to an activating group) is 1. The van der Waals surface area contributed by atoms with Crippen molar-refractivity contribution >= 4 is 9.84 Å². The second kappa shape index (κ2) is 5.95. The molecule has 0 aliphatic carbocycles. The molecule has 0 bridgehead atoms. The summed E-state index contributed by atoms with van der Waals surface area (Å²) in [6.07, 6.45) is -0.211. The number of sulfone groups is 1. The van der Waals surface area contributed by atoms with Crippen LogP contribution in [0.5, 0.6) is 0 Å². The minimum Gasteiger partial charge on any atom is -0.380 e. The standard InChI is InChI=1S/C10H21NO4S/c1-4-15-6-5-11(2)9-7-16(12,13)8-10(9)14-3/h9-10H,4-8H2,1-3H3/t9-,10+/m1/s1. The highest BCUT2D eigenvalue weighted by atomic mass is 32.2. The zero-order valence-electron chi connectivity index (χ0n) is 10.2. The summed E-state index contributed by atoms with van der Waals surface area (Å²) in [5.41, 5.74) is 0. The third-order valence-electron chi connectivity index (χ3n) is 2.93. The van der Waals surface area contributed by atoms with E-state index in [1.54, 1.807) is 7.11 Å². The van der Waals surface area contributed by atoms with E-state index < -0.39 is 9.84 Å². The van der Waals surface area contributed by atoms with Crippen LogP contribution in [0.3, 0.4) is 0 Å². The van der Waals surface area contributed by atoms with Gasteiger partial charge in [0.05, 0.1) is 30.3 Å². The first kappa shape index (κ1) is 13.9. The van der Waals surface area contributed by atoms with E-state index in [1.165, 1.54) is 0 Å². The Morgan fingerprint density at radius 2 is 2.06 bits per heavy atom. The maximum absolute atomic E-state index is 11.5. The van der Waals surface area contributed by atoms with E-state index in [-0.39, 0.29) is 23.7 Å². The van der Waals surface area contributed by atoms with Crippen molar-refractivity contribution in [3.8, 4) is 0 Å². The van der Waals surface area contributed by atoms with Crippen LogP contribution in [0.2, 0.25) is 0 Å². The van der Waals surface area contributed by atoms with Crippen molar-refractivity contribution in [1.29, 1.82) is 0 Å². The second-order valence-corrected chi connectivity index (χ2v) is 6.25. The Morgan fingerprint density at radius 1 is 1.38 bits per heavy atom. The third kappa shape index (κ3) is 3.69. The van der Waals surface area contributed by atoms with Crippen molar-refractivity contribution in [2.75, 3.05) is 45.4 Å². The van der Waals surface area contributed by atoms with Gasteiger partial charge in [-0.05, 0) is 14.0 Å². The molecule has 1 fully saturated rings. The maximum atomic E-state index is 11.5. The Bertz CT molecular complexity index is 304. The van der Waals surface area contributed by atoms with E-state index in [1.807, 2.05) is 18.9 Å². The molecule has 0 N–H and O–H groups in total. The number of hydrogen-bond donors (Lipinski definition) is 0. The van der Waals surface area contributed by atoms with Crippen LogP contribution in [0.4, 0.5) is 0 Å². The number of ether oxygens (including phenoxy) is 2. The van der Waals surface area contributed by atoms with Crippen molar-refractivity contribution in [2.45, 2.75) is 19.1 Å². The smallest absolute Gasteiger partial charge is 0.154 e. The van der Waals surface area contributed by atoms with Crippen molar-refractivity contribution in [3.05, 3.63) is 0 Å². The molecule has 0 unspecified atom stereocenters. The van der Waals surface area contributed by atoms with E-state index in [9.17, 15) is 8.42 Å². The van der Waals surface area contributed by atoms with E-state index in [0.29, 0.717) is 13.2 Å². The lowest BCUT2D eigenvalue weighted by atomic mass is 10.2. The first-order chi connectivity index (χ1) is 7.50. The quantitative estimate of drug-likeness (QED) is 0.610. The maximum Gasteiger partial charge on any atom is 0.154 e. The van der Waals surface area contributed by atoms with Gasteiger partial charge >= 0.3 is 0 Å². The van der Waals surface area contributed by atoms with Crippen LogP contribution < -0.4 is 0 Å². The summed E-state index contributed by atoms with van der Waals surface area (Å²) in [4.78, 5) is 2.01. The molecular weight excluding hydrogens is 230 g/mol. The molecule has 6 heteroatoms. The van der Waals surface area contributed by atoms with Gasteiger partial charge in [0.15, 0.2) is 9.84 Å². The second-order valence-electron chi connectivity index (χ2n) is 4.10. The van der Waals surface area contributed by atoms with Crippen LogP contribution in [-0.4, -0.2) is 70.9 Å². The van der Waals surface area contributed by atoms with Gasteiger partial charge in [-0.15, -0.1) is 0 Å². The molecule has 0 saturated carbocycles. The molecular formula is C10H21NO4S. The minimum atomic E-state index is -2.94. The van der Waals surface area contributed by atoms with Crippen LogP contribution in [0.15, 0.2) is 0 Å². The molecule has 2 atom stereocenters. The molecule has 16 heavy (non-hydrogen) atoms. The summed E-state index contributed by atoms with van der Waals surface area (Å²) < 4.78 is 33.5. The number of methoxy groups -OCH3 is 1. The highest BCUT2D eigenvalue weighted by molar-refractivity contribution is 7.91. The summed E-state index contributed by atoms with van der Waals surface area (Å²) >= 11 is 0. The number of rotatable bonds is 6. The van der Waals surface area contributed by atoms with Gasteiger partial charge in [-0.2, -0.15) is 0 Å². The van der Waals surface area contributed by atoms with E-state index in [2.05, 4.69) is 0 Å². The van der Waals surface area contributed by atoms with Gasteiger partial charge in [-0.3, -0.25) is 4.90 Å². The van der Waals surface area contributed by atoms with Crippen LogP contribution in [0, 0.1) is 0 Å². The molecule has 1 aliphatic rings. The molecule has 96 valence electrons. The molecule has 0 aromatic heterocycles. The van der Waals surface area contributed by atoms with E-state index in [0.717, 1.165) is 6.54 Å². The van der Waals surface area contributed by atoms with Crippen molar-refractivity contribution < 1.29 is 17.9 Å². The van der Waals surface area contributed by atoms with Crippen LogP contribution in [0.1, 0.15) is 6.92 Å². The van der Waals surface area contributed by atoms with Gasteiger partial charge in [-0.1, -0.05) is 0 Å². The average Bonchev–Trinajstić information content (AvgIpc) is 2.54. The van der Waals surface area contributed by atoms with Gasteiger partial charge in [0.1, 0.15) is 0 Å². The average molecular weight is 251 g/mol. The van der Waals surface area contributed by atoms with Crippen molar-refractivity contribution in [2.24, 2.45) is 0 Å². The van der Waals surface area contributed by atoms with E-state index in [4.69, 9.17) is 9.47 Å². The Balaban J connectivity index is 2.51. The van der Waals surface area contributed by atoms with Crippen LogP contribution in [0.25, 0.3) is 0 Å². The summed E-state index contributed by atoms with van der Waals surface area (Å²) in [6, 6.07) is -0.0459. The first-order valence-corrected chi connectivity index (χ1v) is 7.33. The van der Waals surface area contributed by atoms with Crippen molar-refractivity contribution in [1.82, 2.24) is 4.90 Å². The number of nitrogens with zero attached hydrogens (tertiary/aromatic N) is 1. The highest BCUT2D eigenvalue weighted by Crippen LogP contribution is 2.19. The highest BCUT2D eigenvalue weighted by Gasteiger charge is 2.39. The zero-order valence-corrected chi connectivity index (χ0v) is 11.0. The molecule has 1 saturated heterocycles. The summed E-state index contributed by atoms with van der Waals surface area (Å²) in [7, 11) is 0.538. The number of hydrogen-bond acceptors (Lipinski definition) is 5. The molecule has 0 spiro atoms. The topological polar surface area (TPSA) is 55.8 Å². The predicted molar refractivity (Wildman–Crippen MR) is 62.4 cm³/mol. The first-order valence-electron chi connectivity index (χ1n) is 5.51. The molecule has 1 rings (SSSR count). The van der Waals surface area contributed by atoms with Gasteiger partial charge in [0.25, 0.3) is 0 Å². The summed E-state index contributed by atoms with van der Waals surface area (Å²) in [6.45, 7) is 3.98. The fourth-order valence-corrected chi connectivity index (χ4v) is 3.94. The van der Waals surface area contributed by atoms with Crippen molar-refractivity contribution in [3.63, 3.8) is 0 Å². The normalized spacial score (nSPS) is 28.8. The third-order valence-corrected chi connectivity index (χ3v) is 4.62. The lowest BCUT2D eigenvalue weighted by Gasteiger charge is -2.27. The summed E-state index contributed by atoms with van der Waals surface area (Å²) in [5.74, 6) is 0.321. The fourth-order valence-electron chi connectivity index (χ4n) is 1.95.